The molecule has 6 atom stereocenters. The molecule has 3 aromatic rings. The Morgan fingerprint density at radius 2 is 1.51 bits per heavy atom. The smallest absolute Gasteiger partial charge is 0.508 e. The van der Waals surface area contributed by atoms with E-state index in [1.54, 1.807) is 36.4 Å². The number of anilines is 2. The summed E-state index contributed by atoms with van der Waals surface area (Å²) in [4.78, 5) is 53.6. The molecule has 3 aromatic carbocycles. The van der Waals surface area contributed by atoms with Gasteiger partial charge in [0.25, 0.3) is 11.8 Å². The third-order valence-electron chi connectivity index (χ3n) is 9.83. The van der Waals surface area contributed by atoms with Crippen LogP contribution in [0.15, 0.2) is 85.0 Å². The van der Waals surface area contributed by atoms with Crippen LogP contribution in [0.4, 0.5) is 28.9 Å². The van der Waals surface area contributed by atoms with Crippen LogP contribution in [-0.4, -0.2) is 44.8 Å². The van der Waals surface area contributed by atoms with Crippen molar-refractivity contribution in [3.63, 3.8) is 0 Å². The second-order valence-corrected chi connectivity index (χ2v) is 13.6. The maximum absolute atomic E-state index is 14.4. The molecule has 49 heavy (non-hydrogen) atoms. The number of allylic oxidation sites excluding steroid dienone is 2. The van der Waals surface area contributed by atoms with Crippen LogP contribution < -0.4 is 14.5 Å². The van der Waals surface area contributed by atoms with E-state index in [2.05, 4.69) is 11.3 Å². The highest BCUT2D eigenvalue weighted by atomic mass is 35.5. The van der Waals surface area contributed by atoms with Crippen molar-refractivity contribution in [1.82, 2.24) is 0 Å². The fraction of sp³-hybridized carbons (Fsp3) is 0.257. The van der Waals surface area contributed by atoms with Crippen LogP contribution in [0.1, 0.15) is 29.9 Å². The zero-order chi connectivity index (χ0) is 35.2. The number of carbonyl (C=O) groups excluding carboxylic acids is 4. The summed E-state index contributed by atoms with van der Waals surface area (Å²) in [6, 6.07) is 13.5. The Morgan fingerprint density at radius 3 is 2.14 bits per heavy atom. The van der Waals surface area contributed by atoms with Gasteiger partial charge in [-0.2, -0.15) is 0 Å². The van der Waals surface area contributed by atoms with Crippen molar-refractivity contribution in [1.29, 1.82) is 0 Å². The minimum atomic E-state index is -5.13. The van der Waals surface area contributed by atoms with Gasteiger partial charge in [0.05, 0.1) is 23.2 Å². The van der Waals surface area contributed by atoms with Gasteiger partial charge in [0.15, 0.2) is 9.75 Å². The Labute approximate surface area is 286 Å². The van der Waals surface area contributed by atoms with Crippen molar-refractivity contribution in [2.24, 2.45) is 17.8 Å². The van der Waals surface area contributed by atoms with Crippen molar-refractivity contribution in [3.05, 3.63) is 102 Å². The minimum Gasteiger partial charge on any atom is -0.508 e. The number of alkyl halides is 5. The Morgan fingerprint density at radius 1 is 0.878 bits per heavy atom. The molecule has 4 amide bonds. The van der Waals surface area contributed by atoms with E-state index in [-0.39, 0.29) is 23.2 Å². The average molecular weight is 715 g/mol. The largest absolute Gasteiger partial charge is 0.573 e. The summed E-state index contributed by atoms with van der Waals surface area (Å²) >= 11 is 14.5. The van der Waals surface area contributed by atoms with Gasteiger partial charge in [-0.1, -0.05) is 36.4 Å². The first-order valence-electron chi connectivity index (χ1n) is 15.0. The molecule has 8 nitrogen and oxygen atoms in total. The number of nitrogens with zero attached hydrogens (tertiary/aromatic N) is 2. The van der Waals surface area contributed by atoms with Gasteiger partial charge in [-0.05, 0) is 78.9 Å². The number of hydrogen-bond acceptors (Lipinski definition) is 6. The number of ether oxygens (including phenoxy) is 1. The zero-order valence-electron chi connectivity index (χ0n) is 25.1. The first-order valence-corrected chi connectivity index (χ1v) is 15.8. The Balaban J connectivity index is 1.40. The van der Waals surface area contributed by atoms with E-state index < -0.39 is 87.1 Å². The highest BCUT2D eigenvalue weighted by Crippen LogP contribution is 2.66. The van der Waals surface area contributed by atoms with Gasteiger partial charge >= 0.3 is 6.36 Å². The first-order chi connectivity index (χ1) is 23.1. The standard InChI is InChI=1S/C35H24Cl2F4N2O6/c1-2-17-3-7-19(8-4-17)42-29(45)23-13-12-22-25(27(23)30(42)46)16-33(36)31(47)43(20-9-5-18(38)6-10-20)32(48)34(33,37)28(22)24-15-21(11-14-26(24)44)49-35(39,40)41/h2-12,14-15,23,25,27-28,44H,1,13,16H2. The third kappa shape index (κ3) is 4.79. The highest BCUT2D eigenvalue weighted by molar-refractivity contribution is 6.58. The van der Waals surface area contributed by atoms with E-state index >= 15 is 0 Å². The fourth-order valence-corrected chi connectivity index (χ4v) is 8.65. The Kier molecular flexibility index (Phi) is 7.49. The summed E-state index contributed by atoms with van der Waals surface area (Å²) in [5.74, 6) is -9.87. The number of fused-ring (bicyclic) bond motifs is 4. The van der Waals surface area contributed by atoms with Crippen LogP contribution in [0.25, 0.3) is 6.08 Å². The lowest BCUT2D eigenvalue weighted by atomic mass is 9.56. The number of hydrogen-bond donors (Lipinski definition) is 1. The molecule has 0 radical (unpaired) electrons. The van der Waals surface area contributed by atoms with Gasteiger partial charge in [0.1, 0.15) is 17.3 Å². The highest BCUT2D eigenvalue weighted by Gasteiger charge is 2.77. The van der Waals surface area contributed by atoms with Crippen molar-refractivity contribution >= 4 is 64.3 Å². The number of halogens is 6. The summed E-state index contributed by atoms with van der Waals surface area (Å²) < 4.78 is 57.9. The van der Waals surface area contributed by atoms with E-state index in [9.17, 15) is 41.8 Å². The molecular weight excluding hydrogens is 691 g/mol. The summed E-state index contributed by atoms with van der Waals surface area (Å²) in [7, 11) is 0. The van der Waals surface area contributed by atoms with Crippen LogP contribution in [0.5, 0.6) is 11.5 Å². The second-order valence-electron chi connectivity index (χ2n) is 12.3. The van der Waals surface area contributed by atoms with Crippen LogP contribution >= 0.6 is 23.2 Å². The number of imide groups is 2. The van der Waals surface area contributed by atoms with Crippen molar-refractivity contribution in [2.45, 2.75) is 34.9 Å². The molecule has 252 valence electrons. The molecule has 2 heterocycles. The van der Waals surface area contributed by atoms with Gasteiger partial charge in [0.2, 0.25) is 11.8 Å². The molecule has 0 spiro atoms. The van der Waals surface area contributed by atoms with Crippen LogP contribution in [0.2, 0.25) is 0 Å². The third-order valence-corrected chi connectivity index (χ3v) is 11.2. The van der Waals surface area contributed by atoms with Crippen molar-refractivity contribution in [2.75, 3.05) is 9.80 Å². The monoisotopic (exact) mass is 714 g/mol. The molecule has 1 N–H and O–H groups in total. The van der Waals surface area contributed by atoms with Crippen LogP contribution in [0.3, 0.4) is 0 Å². The molecule has 14 heteroatoms. The van der Waals surface area contributed by atoms with E-state index in [0.29, 0.717) is 10.6 Å². The predicted molar refractivity (Wildman–Crippen MR) is 170 cm³/mol. The fourth-order valence-electron chi connectivity index (χ4n) is 7.72. The normalized spacial score (nSPS) is 29.4. The minimum absolute atomic E-state index is 0.0234. The van der Waals surface area contributed by atoms with Gasteiger partial charge in [-0.25, -0.2) is 9.29 Å². The number of amides is 4. The van der Waals surface area contributed by atoms with Crippen LogP contribution in [-0.2, 0) is 19.2 Å². The Hall–Kier alpha value is -4.68. The number of rotatable bonds is 5. The number of benzene rings is 3. The maximum Gasteiger partial charge on any atom is 0.573 e. The van der Waals surface area contributed by atoms with E-state index in [0.717, 1.165) is 52.9 Å². The van der Waals surface area contributed by atoms with Gasteiger partial charge in [-0.3, -0.25) is 24.1 Å². The summed E-state index contributed by atoms with van der Waals surface area (Å²) in [6.45, 7) is 3.70. The van der Waals surface area contributed by atoms with E-state index in [4.69, 9.17) is 23.2 Å². The molecule has 4 aliphatic rings. The van der Waals surface area contributed by atoms with Gasteiger partial charge in [0, 0.05) is 11.5 Å². The summed E-state index contributed by atoms with van der Waals surface area (Å²) in [6.07, 6.45) is -2.41. The lowest BCUT2D eigenvalue weighted by Crippen LogP contribution is -2.60. The molecule has 0 aromatic heterocycles. The number of carbonyl (C=O) groups is 4. The van der Waals surface area contributed by atoms with Crippen LogP contribution in [0, 0.1) is 23.6 Å². The number of phenolic OH excluding ortho intramolecular Hbond substituents is 1. The maximum atomic E-state index is 14.4. The molecule has 6 unspecified atom stereocenters. The zero-order valence-corrected chi connectivity index (χ0v) is 26.6. The number of aromatic hydroxyl groups is 1. The number of phenols is 1. The van der Waals surface area contributed by atoms with E-state index in [1.165, 1.54) is 0 Å². The summed E-state index contributed by atoms with van der Waals surface area (Å²) in [5.41, 5.74) is 0.860. The molecular formula is C35H24Cl2F4N2O6. The first kappa shape index (κ1) is 32.8. The second kappa shape index (κ2) is 11.2. The van der Waals surface area contributed by atoms with Gasteiger partial charge in [-0.15, -0.1) is 36.4 Å². The quantitative estimate of drug-likeness (QED) is 0.134. The molecule has 3 fully saturated rings. The molecule has 1 saturated carbocycles. The SMILES string of the molecule is C=Cc1ccc(N2C(=O)C3CC=C4C(CC5(Cl)C(=O)N(c6ccc(F)cc6)C(=O)C5(Cl)C4c4cc(OC(F)(F)F)ccc4O)C3C2=O)cc1. The average Bonchev–Trinajstić information content (AvgIpc) is 3.39. The van der Waals surface area contributed by atoms with E-state index in [1.807, 2.05) is 0 Å². The Bertz CT molecular complexity index is 1980. The lowest BCUT2D eigenvalue weighted by molar-refractivity contribution is -0.274. The predicted octanol–water partition coefficient (Wildman–Crippen LogP) is 6.84. The summed E-state index contributed by atoms with van der Waals surface area (Å²) in [5, 5.41) is 11.1. The molecule has 7 rings (SSSR count). The molecule has 2 aliphatic heterocycles. The molecule has 0 bridgehead atoms. The lowest BCUT2D eigenvalue weighted by Gasteiger charge is -2.50. The molecule has 2 saturated heterocycles. The van der Waals surface area contributed by atoms with Crippen molar-refractivity contribution in [3.8, 4) is 11.5 Å². The topological polar surface area (TPSA) is 104 Å². The molecule has 2 aliphatic carbocycles. The van der Waals surface area contributed by atoms with Crippen molar-refractivity contribution < 1.29 is 46.6 Å². The van der Waals surface area contributed by atoms with Gasteiger partial charge < -0.3 is 9.84 Å².